The fraction of sp³-hybridized carbons (Fsp3) is 0.381. The van der Waals surface area contributed by atoms with E-state index in [1.165, 1.54) is 34.8 Å². The van der Waals surface area contributed by atoms with Gasteiger partial charge in [-0.2, -0.15) is 9.41 Å². The summed E-state index contributed by atoms with van der Waals surface area (Å²) < 4.78 is 38.3. The molecule has 2 aromatic carbocycles. The van der Waals surface area contributed by atoms with Crippen LogP contribution in [0.15, 0.2) is 46.4 Å². The molecule has 2 aliphatic rings. The number of rotatable bonds is 8. The molecule has 4 rings (SSSR count). The number of hydrazone groups is 1. The molecule has 15 heteroatoms. The van der Waals surface area contributed by atoms with E-state index in [-0.39, 0.29) is 48.3 Å². The minimum Gasteiger partial charge on any atom is -0.379 e. The minimum atomic E-state index is -4.09. The highest BCUT2D eigenvalue weighted by Gasteiger charge is 2.30. The van der Waals surface area contributed by atoms with Crippen LogP contribution >= 0.6 is 0 Å². The van der Waals surface area contributed by atoms with Crippen LogP contribution in [-0.4, -0.2) is 81.4 Å². The summed E-state index contributed by atoms with van der Waals surface area (Å²) in [6.45, 7) is 2.87. The third-order valence-corrected chi connectivity index (χ3v) is 7.66. The van der Waals surface area contributed by atoms with Crippen LogP contribution in [0.5, 0.6) is 0 Å². The summed E-state index contributed by atoms with van der Waals surface area (Å²) in [6.07, 6.45) is 1.35. The van der Waals surface area contributed by atoms with Crippen LogP contribution in [0.2, 0.25) is 0 Å². The van der Waals surface area contributed by atoms with Crippen LogP contribution in [0, 0.1) is 20.2 Å². The molecule has 0 unspecified atom stereocenters. The number of ether oxygens (including phenoxy) is 2. The zero-order valence-electron chi connectivity index (χ0n) is 19.1. The lowest BCUT2D eigenvalue weighted by atomic mass is 10.1. The molecule has 1 N–H and O–H groups in total. The lowest BCUT2D eigenvalue weighted by Gasteiger charge is -2.29. The number of hydrogen-bond donors (Lipinski definition) is 1. The molecule has 0 atom stereocenters. The van der Waals surface area contributed by atoms with Crippen molar-refractivity contribution in [2.75, 3.05) is 62.9 Å². The summed E-state index contributed by atoms with van der Waals surface area (Å²) in [5.41, 5.74) is 3.32. The third kappa shape index (κ3) is 5.59. The number of sulfonamides is 1. The molecule has 2 heterocycles. The Morgan fingerprint density at radius 3 is 2.11 bits per heavy atom. The Hall–Kier alpha value is -3.66. The summed E-state index contributed by atoms with van der Waals surface area (Å²) in [5.74, 6) is 0. The van der Waals surface area contributed by atoms with E-state index in [1.54, 1.807) is 6.07 Å². The van der Waals surface area contributed by atoms with E-state index in [2.05, 4.69) is 10.5 Å². The average molecular weight is 521 g/mol. The zero-order chi connectivity index (χ0) is 25.7. The number of nitro benzene ring substituents is 2. The van der Waals surface area contributed by atoms with Crippen LogP contribution in [0.4, 0.5) is 22.7 Å². The minimum absolute atomic E-state index is 0.0293. The molecular weight excluding hydrogens is 496 g/mol. The first kappa shape index (κ1) is 25.4. The summed E-state index contributed by atoms with van der Waals surface area (Å²) in [6, 6.07) is 7.82. The van der Waals surface area contributed by atoms with Crippen molar-refractivity contribution in [1.29, 1.82) is 0 Å². The van der Waals surface area contributed by atoms with Crippen LogP contribution in [0.1, 0.15) is 5.56 Å². The van der Waals surface area contributed by atoms with E-state index in [0.29, 0.717) is 37.6 Å². The summed E-state index contributed by atoms with van der Waals surface area (Å²) >= 11 is 0. The highest BCUT2D eigenvalue weighted by Crippen LogP contribution is 2.30. The molecule has 192 valence electrons. The number of benzene rings is 2. The summed E-state index contributed by atoms with van der Waals surface area (Å²) in [4.78, 5) is 23.1. The number of non-ortho nitro benzene ring substituents is 2. The Labute approximate surface area is 206 Å². The molecule has 0 bridgehead atoms. The molecule has 36 heavy (non-hydrogen) atoms. The van der Waals surface area contributed by atoms with Gasteiger partial charge in [0.1, 0.15) is 4.90 Å². The third-order valence-electron chi connectivity index (χ3n) is 5.73. The van der Waals surface area contributed by atoms with E-state index in [1.807, 2.05) is 4.90 Å². The van der Waals surface area contributed by atoms with Gasteiger partial charge in [0.15, 0.2) is 0 Å². The second-order valence-electron chi connectivity index (χ2n) is 7.92. The topological polar surface area (TPSA) is 170 Å². The normalized spacial score (nSPS) is 17.3. The van der Waals surface area contributed by atoms with E-state index in [4.69, 9.17) is 9.47 Å². The molecule has 2 aromatic rings. The lowest BCUT2D eigenvalue weighted by Crippen LogP contribution is -2.40. The van der Waals surface area contributed by atoms with Crippen molar-refractivity contribution in [1.82, 2.24) is 4.31 Å². The van der Waals surface area contributed by atoms with Gasteiger partial charge in [-0.1, -0.05) is 0 Å². The summed E-state index contributed by atoms with van der Waals surface area (Å²) in [5, 5.41) is 26.7. The molecular formula is C21H24N6O8S. The Morgan fingerprint density at radius 1 is 0.889 bits per heavy atom. The molecule has 0 aromatic heterocycles. The smallest absolute Gasteiger partial charge is 0.270 e. The van der Waals surface area contributed by atoms with E-state index < -0.39 is 19.9 Å². The summed E-state index contributed by atoms with van der Waals surface area (Å²) in [7, 11) is -4.09. The van der Waals surface area contributed by atoms with Gasteiger partial charge in [-0.15, -0.1) is 0 Å². The monoisotopic (exact) mass is 520 g/mol. The molecule has 2 saturated heterocycles. The van der Waals surface area contributed by atoms with Crippen molar-refractivity contribution >= 4 is 39.0 Å². The standard InChI is InChI=1S/C21H24N6O8S/c28-26(29)17-2-4-20(24-5-9-34-10-6-24)16(13-17)15-22-23-19-3-1-18(27(30)31)14-21(19)36(32,33)25-7-11-35-12-8-25/h1-4,13-15,23H,5-12H2/b22-15-. The zero-order valence-corrected chi connectivity index (χ0v) is 19.9. The molecule has 2 aliphatic heterocycles. The predicted molar refractivity (Wildman–Crippen MR) is 130 cm³/mol. The highest BCUT2D eigenvalue weighted by atomic mass is 32.2. The first-order valence-corrected chi connectivity index (χ1v) is 12.5. The molecule has 0 spiro atoms. The molecule has 14 nitrogen and oxygen atoms in total. The van der Waals surface area contributed by atoms with E-state index in [9.17, 15) is 28.6 Å². The quantitative estimate of drug-likeness (QED) is 0.308. The number of nitro groups is 2. The molecule has 0 radical (unpaired) electrons. The Kier molecular flexibility index (Phi) is 7.73. The van der Waals surface area contributed by atoms with Gasteiger partial charge in [0.25, 0.3) is 11.4 Å². The van der Waals surface area contributed by atoms with Crippen LogP contribution in [0.25, 0.3) is 0 Å². The van der Waals surface area contributed by atoms with Gasteiger partial charge in [-0.3, -0.25) is 25.7 Å². The van der Waals surface area contributed by atoms with Crippen LogP contribution in [-0.2, 0) is 19.5 Å². The fourth-order valence-electron chi connectivity index (χ4n) is 3.88. The number of nitrogens with one attached hydrogen (secondary N) is 1. The van der Waals surface area contributed by atoms with Gasteiger partial charge in [0, 0.05) is 61.7 Å². The number of anilines is 2. The number of hydrogen-bond acceptors (Lipinski definition) is 11. The second-order valence-corrected chi connectivity index (χ2v) is 9.83. The van der Waals surface area contributed by atoms with Gasteiger partial charge in [0.2, 0.25) is 10.0 Å². The van der Waals surface area contributed by atoms with Gasteiger partial charge < -0.3 is 14.4 Å². The Balaban J connectivity index is 1.66. The largest absolute Gasteiger partial charge is 0.379 e. The molecule has 0 amide bonds. The second kappa shape index (κ2) is 10.9. The first-order chi connectivity index (χ1) is 17.3. The maximum atomic E-state index is 13.3. The van der Waals surface area contributed by atoms with Crippen molar-refractivity contribution in [3.63, 3.8) is 0 Å². The van der Waals surface area contributed by atoms with E-state index >= 15 is 0 Å². The van der Waals surface area contributed by atoms with Crippen molar-refractivity contribution in [3.8, 4) is 0 Å². The highest BCUT2D eigenvalue weighted by molar-refractivity contribution is 7.89. The molecule has 0 saturated carbocycles. The van der Waals surface area contributed by atoms with Crippen molar-refractivity contribution < 1.29 is 27.7 Å². The van der Waals surface area contributed by atoms with Crippen molar-refractivity contribution in [2.24, 2.45) is 5.10 Å². The van der Waals surface area contributed by atoms with Gasteiger partial charge in [-0.05, 0) is 12.1 Å². The first-order valence-electron chi connectivity index (χ1n) is 11.0. The number of nitrogens with zero attached hydrogens (tertiary/aromatic N) is 5. The maximum Gasteiger partial charge on any atom is 0.270 e. The van der Waals surface area contributed by atoms with Crippen molar-refractivity contribution in [3.05, 3.63) is 62.2 Å². The van der Waals surface area contributed by atoms with Crippen LogP contribution < -0.4 is 10.3 Å². The number of morpholine rings is 2. The van der Waals surface area contributed by atoms with Gasteiger partial charge in [-0.25, -0.2) is 8.42 Å². The van der Waals surface area contributed by atoms with Gasteiger partial charge >= 0.3 is 0 Å². The molecule has 0 aliphatic carbocycles. The van der Waals surface area contributed by atoms with E-state index in [0.717, 1.165) is 6.07 Å². The average Bonchev–Trinajstić information content (AvgIpc) is 2.89. The fourth-order valence-corrected chi connectivity index (χ4v) is 5.45. The van der Waals surface area contributed by atoms with Crippen LogP contribution in [0.3, 0.4) is 0 Å². The SMILES string of the molecule is O=[N+]([O-])c1ccc(N2CCOCC2)c(/C=N\Nc2ccc([N+](=O)[O-])cc2S(=O)(=O)N2CCOCC2)c1. The maximum absolute atomic E-state index is 13.3. The Bertz CT molecular complexity index is 1270. The van der Waals surface area contributed by atoms with Gasteiger partial charge in [0.05, 0.1) is 48.2 Å². The molecule has 2 fully saturated rings. The predicted octanol–water partition coefficient (Wildman–Crippen LogP) is 1.81. The lowest BCUT2D eigenvalue weighted by molar-refractivity contribution is -0.385. The Morgan fingerprint density at radius 2 is 1.47 bits per heavy atom. The van der Waals surface area contributed by atoms with Crippen molar-refractivity contribution in [2.45, 2.75) is 4.90 Å².